The molecule has 106 valence electrons. The van der Waals surface area contributed by atoms with Gasteiger partial charge in [-0.3, -0.25) is 0 Å². The topological polar surface area (TPSA) is 46.2 Å². The average molecular weight is 401 g/mol. The lowest BCUT2D eigenvalue weighted by Gasteiger charge is -2.16. The SMILES string of the molecule is CC(Nc1cccc(I)c1)c1ccc(S(C)(=O)=O)cc1. The van der Waals surface area contributed by atoms with E-state index in [0.717, 1.165) is 11.3 Å². The molecule has 5 heteroatoms. The number of anilines is 1. The molecule has 2 rings (SSSR count). The molecule has 0 radical (unpaired) electrons. The van der Waals surface area contributed by atoms with Crippen LogP contribution in [0.4, 0.5) is 5.69 Å². The second-order valence-electron chi connectivity index (χ2n) is 4.72. The van der Waals surface area contributed by atoms with Gasteiger partial charge in [0.2, 0.25) is 0 Å². The van der Waals surface area contributed by atoms with Gasteiger partial charge in [-0.15, -0.1) is 0 Å². The summed E-state index contributed by atoms with van der Waals surface area (Å²) in [4.78, 5) is 0.350. The number of hydrogen-bond acceptors (Lipinski definition) is 3. The smallest absolute Gasteiger partial charge is 0.175 e. The van der Waals surface area contributed by atoms with Crippen molar-refractivity contribution < 1.29 is 8.42 Å². The zero-order chi connectivity index (χ0) is 14.8. The summed E-state index contributed by atoms with van der Waals surface area (Å²) in [5, 5.41) is 3.40. The first-order valence-corrected chi connectivity index (χ1v) is 9.15. The molecule has 0 spiro atoms. The molecule has 0 amide bonds. The predicted molar refractivity (Wildman–Crippen MR) is 90.7 cm³/mol. The van der Waals surface area contributed by atoms with E-state index < -0.39 is 9.84 Å². The summed E-state index contributed by atoms with van der Waals surface area (Å²) < 4.78 is 24.0. The van der Waals surface area contributed by atoms with E-state index in [9.17, 15) is 8.42 Å². The fourth-order valence-corrected chi connectivity index (χ4v) is 3.09. The Kier molecular flexibility index (Phi) is 4.70. The number of hydrogen-bond donors (Lipinski definition) is 1. The minimum Gasteiger partial charge on any atom is -0.378 e. The van der Waals surface area contributed by atoms with E-state index >= 15 is 0 Å². The Balaban J connectivity index is 2.15. The second-order valence-corrected chi connectivity index (χ2v) is 7.98. The standard InChI is InChI=1S/C15H16INO2S/c1-11(17-14-5-3-4-13(16)10-14)12-6-8-15(9-7-12)20(2,18)19/h3-11,17H,1-2H3. The van der Waals surface area contributed by atoms with Crippen LogP contribution >= 0.6 is 22.6 Å². The van der Waals surface area contributed by atoms with Crippen molar-refractivity contribution in [3.05, 3.63) is 57.7 Å². The quantitative estimate of drug-likeness (QED) is 0.792. The molecule has 20 heavy (non-hydrogen) atoms. The van der Waals surface area contributed by atoms with Crippen LogP contribution in [0.15, 0.2) is 53.4 Å². The Morgan fingerprint density at radius 3 is 2.30 bits per heavy atom. The van der Waals surface area contributed by atoms with Crippen LogP contribution in [0, 0.1) is 3.57 Å². The minimum absolute atomic E-state index is 0.113. The Morgan fingerprint density at radius 2 is 1.75 bits per heavy atom. The van der Waals surface area contributed by atoms with Gasteiger partial charge in [0.1, 0.15) is 0 Å². The molecule has 1 atom stereocenters. The van der Waals surface area contributed by atoms with E-state index in [4.69, 9.17) is 0 Å². The van der Waals surface area contributed by atoms with Crippen LogP contribution in [0.3, 0.4) is 0 Å². The van der Waals surface area contributed by atoms with Gasteiger partial charge in [0, 0.05) is 21.6 Å². The molecule has 1 N–H and O–H groups in total. The molecule has 0 saturated heterocycles. The highest BCUT2D eigenvalue weighted by Crippen LogP contribution is 2.22. The molecule has 0 aliphatic rings. The van der Waals surface area contributed by atoms with E-state index in [-0.39, 0.29) is 6.04 Å². The Labute approximate surface area is 133 Å². The van der Waals surface area contributed by atoms with Gasteiger partial charge in [0.25, 0.3) is 0 Å². The minimum atomic E-state index is -3.13. The molecule has 0 saturated carbocycles. The van der Waals surface area contributed by atoms with Crippen molar-refractivity contribution in [2.75, 3.05) is 11.6 Å². The molecule has 0 fully saturated rings. The van der Waals surface area contributed by atoms with E-state index in [1.807, 2.05) is 30.3 Å². The van der Waals surface area contributed by atoms with Crippen LogP contribution in [0.5, 0.6) is 0 Å². The lowest BCUT2D eigenvalue weighted by molar-refractivity contribution is 0.602. The predicted octanol–water partition coefficient (Wildman–Crippen LogP) is 3.87. The van der Waals surface area contributed by atoms with Gasteiger partial charge in [-0.1, -0.05) is 18.2 Å². The van der Waals surface area contributed by atoms with Gasteiger partial charge in [-0.05, 0) is 65.4 Å². The fourth-order valence-electron chi connectivity index (χ4n) is 1.92. The molecule has 0 aliphatic carbocycles. The average Bonchev–Trinajstić information content (AvgIpc) is 2.38. The first kappa shape index (κ1) is 15.3. The monoisotopic (exact) mass is 401 g/mol. The number of sulfone groups is 1. The third kappa shape index (κ3) is 3.96. The summed E-state index contributed by atoms with van der Waals surface area (Å²) >= 11 is 2.27. The van der Waals surface area contributed by atoms with Crippen LogP contribution in [-0.2, 0) is 9.84 Å². The second kappa shape index (κ2) is 6.13. The molecule has 3 nitrogen and oxygen atoms in total. The van der Waals surface area contributed by atoms with Crippen molar-refractivity contribution in [3.63, 3.8) is 0 Å². The van der Waals surface area contributed by atoms with Crippen LogP contribution in [0.1, 0.15) is 18.5 Å². The summed E-state index contributed by atoms with van der Waals surface area (Å²) in [6.07, 6.45) is 1.22. The Morgan fingerprint density at radius 1 is 1.10 bits per heavy atom. The molecular weight excluding hydrogens is 385 g/mol. The van der Waals surface area contributed by atoms with Crippen molar-refractivity contribution >= 4 is 38.1 Å². The van der Waals surface area contributed by atoms with Crippen LogP contribution in [0.25, 0.3) is 0 Å². The summed E-state index contributed by atoms with van der Waals surface area (Å²) in [7, 11) is -3.13. The molecule has 0 bridgehead atoms. The third-order valence-corrected chi connectivity index (χ3v) is 4.82. The first-order chi connectivity index (χ1) is 9.36. The summed E-state index contributed by atoms with van der Waals surface area (Å²) in [6, 6.07) is 15.2. The van der Waals surface area contributed by atoms with Crippen LogP contribution in [-0.4, -0.2) is 14.7 Å². The van der Waals surface area contributed by atoms with Crippen molar-refractivity contribution in [2.45, 2.75) is 17.9 Å². The highest BCUT2D eigenvalue weighted by Gasteiger charge is 2.09. The maximum absolute atomic E-state index is 11.4. The normalized spacial score (nSPS) is 12.9. The van der Waals surface area contributed by atoms with Crippen molar-refractivity contribution in [1.29, 1.82) is 0 Å². The highest BCUT2D eigenvalue weighted by molar-refractivity contribution is 14.1. The lowest BCUT2D eigenvalue weighted by Crippen LogP contribution is -2.07. The molecule has 2 aromatic carbocycles. The van der Waals surface area contributed by atoms with Crippen LogP contribution in [0.2, 0.25) is 0 Å². The number of nitrogens with one attached hydrogen (secondary N) is 1. The molecular formula is C15H16INO2S. The van der Waals surface area contributed by atoms with Crippen LogP contribution < -0.4 is 5.32 Å². The molecule has 0 aliphatic heterocycles. The Hall–Kier alpha value is -1.08. The molecule has 0 aromatic heterocycles. The first-order valence-electron chi connectivity index (χ1n) is 6.18. The maximum atomic E-state index is 11.4. The Bertz CT molecular complexity index is 696. The zero-order valence-corrected chi connectivity index (χ0v) is 14.3. The third-order valence-electron chi connectivity index (χ3n) is 3.02. The van der Waals surface area contributed by atoms with E-state index in [1.54, 1.807) is 12.1 Å². The van der Waals surface area contributed by atoms with E-state index in [1.165, 1.54) is 9.83 Å². The van der Waals surface area contributed by atoms with Gasteiger partial charge in [-0.2, -0.15) is 0 Å². The van der Waals surface area contributed by atoms with Gasteiger partial charge in [-0.25, -0.2) is 8.42 Å². The summed E-state index contributed by atoms with van der Waals surface area (Å²) in [6.45, 7) is 2.05. The van der Waals surface area contributed by atoms with E-state index in [2.05, 4.69) is 40.9 Å². The van der Waals surface area contributed by atoms with Crippen molar-refractivity contribution in [1.82, 2.24) is 0 Å². The fraction of sp³-hybridized carbons (Fsp3) is 0.200. The van der Waals surface area contributed by atoms with Crippen molar-refractivity contribution in [3.8, 4) is 0 Å². The molecule has 1 unspecified atom stereocenters. The molecule has 2 aromatic rings. The van der Waals surface area contributed by atoms with Crippen molar-refractivity contribution in [2.24, 2.45) is 0 Å². The summed E-state index contributed by atoms with van der Waals surface area (Å²) in [5.74, 6) is 0. The van der Waals surface area contributed by atoms with Gasteiger partial charge in [0.05, 0.1) is 4.90 Å². The molecule has 0 heterocycles. The number of benzene rings is 2. The zero-order valence-electron chi connectivity index (χ0n) is 11.3. The van der Waals surface area contributed by atoms with Gasteiger partial charge < -0.3 is 5.32 Å². The van der Waals surface area contributed by atoms with Gasteiger partial charge >= 0.3 is 0 Å². The van der Waals surface area contributed by atoms with E-state index in [0.29, 0.717) is 4.90 Å². The maximum Gasteiger partial charge on any atom is 0.175 e. The number of halogens is 1. The van der Waals surface area contributed by atoms with Gasteiger partial charge in [0.15, 0.2) is 9.84 Å². The lowest BCUT2D eigenvalue weighted by atomic mass is 10.1. The highest BCUT2D eigenvalue weighted by atomic mass is 127. The summed E-state index contributed by atoms with van der Waals surface area (Å²) in [5.41, 5.74) is 2.10. The largest absolute Gasteiger partial charge is 0.378 e. The number of rotatable bonds is 4.